The summed E-state index contributed by atoms with van der Waals surface area (Å²) in [5, 5.41) is 2.82. The summed E-state index contributed by atoms with van der Waals surface area (Å²) in [6.45, 7) is 0.915. The van der Waals surface area contributed by atoms with Crippen LogP contribution in [-0.2, 0) is 0 Å². The number of amides is 1. The van der Waals surface area contributed by atoms with E-state index in [1.54, 1.807) is 36.4 Å². The van der Waals surface area contributed by atoms with Crippen molar-refractivity contribution in [2.45, 2.75) is 0 Å². The number of hydrogen-bond donors (Lipinski definition) is 2. The molecule has 0 bridgehead atoms. The highest BCUT2D eigenvalue weighted by molar-refractivity contribution is 9.10. The van der Waals surface area contributed by atoms with E-state index < -0.39 is 0 Å². The molecule has 21 heavy (non-hydrogen) atoms. The molecule has 0 unspecified atom stereocenters. The van der Waals surface area contributed by atoms with Crippen molar-refractivity contribution in [2.75, 3.05) is 24.3 Å². The molecule has 1 aliphatic rings. The van der Waals surface area contributed by atoms with Gasteiger partial charge in [-0.15, -0.1) is 0 Å². The van der Waals surface area contributed by atoms with Crippen molar-refractivity contribution in [1.82, 2.24) is 0 Å². The van der Waals surface area contributed by atoms with Gasteiger partial charge in [-0.1, -0.05) is 6.07 Å². The van der Waals surface area contributed by atoms with E-state index in [1.165, 1.54) is 0 Å². The molecule has 0 spiro atoms. The number of para-hydroxylation sites is 1. The van der Waals surface area contributed by atoms with Crippen LogP contribution in [0, 0.1) is 0 Å². The number of anilines is 2. The molecule has 0 saturated heterocycles. The van der Waals surface area contributed by atoms with E-state index in [2.05, 4.69) is 21.2 Å². The Morgan fingerprint density at radius 3 is 2.86 bits per heavy atom. The summed E-state index contributed by atoms with van der Waals surface area (Å²) < 4.78 is 11.8. The van der Waals surface area contributed by atoms with Crippen LogP contribution in [0.15, 0.2) is 40.9 Å². The van der Waals surface area contributed by atoms with Gasteiger partial charge in [0.2, 0.25) is 0 Å². The summed E-state index contributed by atoms with van der Waals surface area (Å²) in [4.78, 5) is 12.4. The minimum Gasteiger partial charge on any atom is -0.486 e. The lowest BCUT2D eigenvalue weighted by molar-refractivity contribution is 0.101. The molecular weight excluding hydrogens is 336 g/mol. The highest BCUT2D eigenvalue weighted by Crippen LogP contribution is 2.34. The number of rotatable bonds is 2. The number of nitrogens with one attached hydrogen (secondary N) is 1. The fourth-order valence-electron chi connectivity index (χ4n) is 2.08. The molecular formula is C15H13BrN2O3. The molecule has 3 N–H and O–H groups in total. The second kappa shape index (κ2) is 5.65. The molecule has 0 fully saturated rings. The van der Waals surface area contributed by atoms with Crippen LogP contribution in [0.25, 0.3) is 0 Å². The fourth-order valence-corrected chi connectivity index (χ4v) is 2.43. The van der Waals surface area contributed by atoms with Gasteiger partial charge >= 0.3 is 0 Å². The van der Waals surface area contributed by atoms with Crippen LogP contribution in [0.1, 0.15) is 10.4 Å². The van der Waals surface area contributed by atoms with Crippen LogP contribution < -0.4 is 20.5 Å². The Morgan fingerprint density at radius 2 is 2.00 bits per heavy atom. The Hall–Kier alpha value is -2.21. The lowest BCUT2D eigenvalue weighted by Gasteiger charge is -2.20. The van der Waals surface area contributed by atoms with Gasteiger partial charge in [0, 0.05) is 10.2 Å². The lowest BCUT2D eigenvalue weighted by Crippen LogP contribution is -2.20. The van der Waals surface area contributed by atoms with Gasteiger partial charge in [0.25, 0.3) is 5.91 Å². The van der Waals surface area contributed by atoms with Gasteiger partial charge in [-0.25, -0.2) is 0 Å². The molecule has 0 atom stereocenters. The third-order valence-electron chi connectivity index (χ3n) is 3.05. The molecule has 2 aromatic rings. The van der Waals surface area contributed by atoms with Crippen LogP contribution in [0.3, 0.4) is 0 Å². The van der Waals surface area contributed by atoms with E-state index >= 15 is 0 Å². The number of carbonyl (C=O) groups is 1. The number of halogens is 1. The van der Waals surface area contributed by atoms with E-state index in [-0.39, 0.29) is 5.91 Å². The normalized spacial score (nSPS) is 12.8. The predicted octanol–water partition coefficient (Wildman–Crippen LogP) is 3.05. The average Bonchev–Trinajstić information content (AvgIpc) is 2.50. The molecule has 2 aromatic carbocycles. The molecule has 3 rings (SSSR count). The van der Waals surface area contributed by atoms with E-state index in [0.29, 0.717) is 41.7 Å². The largest absolute Gasteiger partial charge is 0.486 e. The first-order chi connectivity index (χ1) is 10.1. The van der Waals surface area contributed by atoms with Crippen LogP contribution in [-0.4, -0.2) is 19.1 Å². The molecule has 1 heterocycles. The SMILES string of the molecule is Nc1ccc(Br)c(NC(=O)c2cccc3c2OCCO3)c1. The van der Waals surface area contributed by atoms with E-state index in [4.69, 9.17) is 15.2 Å². The number of nitrogens with two attached hydrogens (primary N) is 1. The summed E-state index contributed by atoms with van der Waals surface area (Å²) in [5.41, 5.74) is 7.35. The van der Waals surface area contributed by atoms with Gasteiger partial charge in [-0.3, -0.25) is 4.79 Å². The molecule has 108 valence electrons. The lowest BCUT2D eigenvalue weighted by atomic mass is 10.1. The minimum absolute atomic E-state index is 0.274. The molecule has 0 aliphatic carbocycles. The number of ether oxygens (including phenoxy) is 2. The maximum atomic E-state index is 12.4. The van der Waals surface area contributed by atoms with Gasteiger partial charge in [-0.05, 0) is 46.3 Å². The number of nitrogen functional groups attached to an aromatic ring is 1. The third kappa shape index (κ3) is 2.80. The molecule has 1 aliphatic heterocycles. The molecule has 1 amide bonds. The summed E-state index contributed by atoms with van der Waals surface area (Å²) >= 11 is 3.38. The Labute approximate surface area is 130 Å². The van der Waals surface area contributed by atoms with Crippen LogP contribution in [0.4, 0.5) is 11.4 Å². The summed E-state index contributed by atoms with van der Waals surface area (Å²) in [6.07, 6.45) is 0. The quantitative estimate of drug-likeness (QED) is 0.818. The standard InChI is InChI=1S/C15H13BrN2O3/c16-11-5-4-9(17)8-12(11)18-15(19)10-2-1-3-13-14(10)21-7-6-20-13/h1-5,8H,6-7,17H2,(H,18,19). The third-order valence-corrected chi connectivity index (χ3v) is 3.74. The molecule has 0 radical (unpaired) electrons. The highest BCUT2D eigenvalue weighted by atomic mass is 79.9. The number of benzene rings is 2. The van der Waals surface area contributed by atoms with E-state index in [1.807, 2.05) is 0 Å². The molecule has 0 aromatic heterocycles. The summed E-state index contributed by atoms with van der Waals surface area (Å²) in [6, 6.07) is 10.5. The van der Waals surface area contributed by atoms with Crippen molar-refractivity contribution in [3.63, 3.8) is 0 Å². The first-order valence-electron chi connectivity index (χ1n) is 6.40. The Kier molecular flexibility index (Phi) is 3.70. The first kappa shape index (κ1) is 13.8. The Morgan fingerprint density at radius 1 is 1.19 bits per heavy atom. The van der Waals surface area contributed by atoms with Gasteiger partial charge in [0.15, 0.2) is 11.5 Å². The predicted molar refractivity (Wildman–Crippen MR) is 83.9 cm³/mol. The van der Waals surface area contributed by atoms with Crippen molar-refractivity contribution in [1.29, 1.82) is 0 Å². The zero-order chi connectivity index (χ0) is 14.8. The second-order valence-electron chi connectivity index (χ2n) is 4.52. The maximum Gasteiger partial charge on any atom is 0.259 e. The maximum absolute atomic E-state index is 12.4. The Bertz CT molecular complexity index is 703. The van der Waals surface area contributed by atoms with E-state index in [9.17, 15) is 4.79 Å². The second-order valence-corrected chi connectivity index (χ2v) is 5.38. The number of carbonyl (C=O) groups excluding carboxylic acids is 1. The van der Waals surface area contributed by atoms with Gasteiger partial charge < -0.3 is 20.5 Å². The smallest absolute Gasteiger partial charge is 0.259 e. The van der Waals surface area contributed by atoms with E-state index in [0.717, 1.165) is 4.47 Å². The average molecular weight is 349 g/mol. The van der Waals surface area contributed by atoms with Crippen LogP contribution in [0.5, 0.6) is 11.5 Å². The minimum atomic E-state index is -0.274. The highest BCUT2D eigenvalue weighted by Gasteiger charge is 2.20. The molecule has 6 heteroatoms. The van der Waals surface area contributed by atoms with Gasteiger partial charge in [-0.2, -0.15) is 0 Å². The van der Waals surface area contributed by atoms with Crippen molar-refractivity contribution in [2.24, 2.45) is 0 Å². The zero-order valence-corrected chi connectivity index (χ0v) is 12.6. The van der Waals surface area contributed by atoms with Crippen molar-refractivity contribution < 1.29 is 14.3 Å². The van der Waals surface area contributed by atoms with Crippen molar-refractivity contribution in [3.05, 3.63) is 46.4 Å². The topological polar surface area (TPSA) is 73.6 Å². The molecule has 0 saturated carbocycles. The Balaban J connectivity index is 1.91. The monoisotopic (exact) mass is 348 g/mol. The van der Waals surface area contributed by atoms with Crippen molar-refractivity contribution >= 4 is 33.2 Å². The molecule has 5 nitrogen and oxygen atoms in total. The number of fused-ring (bicyclic) bond motifs is 1. The summed E-state index contributed by atoms with van der Waals surface area (Å²) in [5.74, 6) is 0.783. The van der Waals surface area contributed by atoms with Gasteiger partial charge in [0.1, 0.15) is 13.2 Å². The fraction of sp³-hybridized carbons (Fsp3) is 0.133. The first-order valence-corrected chi connectivity index (χ1v) is 7.19. The van der Waals surface area contributed by atoms with Crippen LogP contribution in [0.2, 0.25) is 0 Å². The van der Waals surface area contributed by atoms with Crippen molar-refractivity contribution in [3.8, 4) is 11.5 Å². The zero-order valence-electron chi connectivity index (χ0n) is 11.1. The van der Waals surface area contributed by atoms with Gasteiger partial charge in [0.05, 0.1) is 11.3 Å². The summed E-state index contributed by atoms with van der Waals surface area (Å²) in [7, 11) is 0. The van der Waals surface area contributed by atoms with Crippen LogP contribution >= 0.6 is 15.9 Å². The number of hydrogen-bond acceptors (Lipinski definition) is 4.